The van der Waals surface area contributed by atoms with Crippen molar-refractivity contribution in [2.24, 2.45) is 0 Å². The summed E-state index contributed by atoms with van der Waals surface area (Å²) < 4.78 is 28.6. The summed E-state index contributed by atoms with van der Waals surface area (Å²) in [6, 6.07) is 17.1. The van der Waals surface area contributed by atoms with Crippen molar-refractivity contribution in [3.63, 3.8) is 0 Å². The molecule has 7 heteroatoms. The van der Waals surface area contributed by atoms with Crippen LogP contribution in [0.15, 0.2) is 66.7 Å². The van der Waals surface area contributed by atoms with Gasteiger partial charge in [0.2, 0.25) is 5.91 Å². The van der Waals surface area contributed by atoms with E-state index in [2.05, 4.69) is 10.4 Å². The van der Waals surface area contributed by atoms with E-state index in [4.69, 9.17) is 11.6 Å². The number of anilines is 1. The van der Waals surface area contributed by atoms with Crippen molar-refractivity contribution in [2.45, 2.75) is 13.0 Å². The van der Waals surface area contributed by atoms with Crippen LogP contribution in [0.2, 0.25) is 5.02 Å². The third kappa shape index (κ3) is 3.71. The predicted molar refractivity (Wildman–Crippen MR) is 110 cm³/mol. The monoisotopic (exact) mass is 411 g/mol. The minimum Gasteiger partial charge on any atom is -0.322 e. The largest absolute Gasteiger partial charge is 0.322 e. The van der Waals surface area contributed by atoms with Gasteiger partial charge in [0, 0.05) is 22.0 Å². The molecule has 0 radical (unpaired) electrons. The lowest BCUT2D eigenvalue weighted by molar-refractivity contribution is -0.119. The van der Waals surface area contributed by atoms with Crippen molar-refractivity contribution >= 4 is 34.1 Å². The molecule has 1 N–H and O–H groups in total. The van der Waals surface area contributed by atoms with E-state index in [9.17, 15) is 13.6 Å². The number of rotatable bonds is 4. The number of hydrogen-bond donors (Lipinski definition) is 1. The van der Waals surface area contributed by atoms with E-state index in [1.807, 2.05) is 30.3 Å². The molecule has 0 aliphatic carbocycles. The predicted octanol–water partition coefficient (Wildman–Crippen LogP) is 5.83. The van der Waals surface area contributed by atoms with E-state index < -0.39 is 23.6 Å². The molecule has 0 bridgehead atoms. The molecule has 4 nitrogen and oxygen atoms in total. The van der Waals surface area contributed by atoms with E-state index in [1.54, 1.807) is 29.8 Å². The molecule has 0 aliphatic rings. The van der Waals surface area contributed by atoms with Crippen LogP contribution < -0.4 is 5.32 Å². The molecule has 0 unspecified atom stereocenters. The highest BCUT2D eigenvalue weighted by Gasteiger charge is 2.22. The van der Waals surface area contributed by atoms with Crippen LogP contribution >= 0.6 is 11.6 Å². The Balaban J connectivity index is 1.74. The Kier molecular flexibility index (Phi) is 5.03. The lowest BCUT2D eigenvalue weighted by atomic mass is 10.1. The van der Waals surface area contributed by atoms with Gasteiger partial charge >= 0.3 is 0 Å². The summed E-state index contributed by atoms with van der Waals surface area (Å²) in [6.45, 7) is 1.66. The van der Waals surface area contributed by atoms with Gasteiger partial charge in [-0.2, -0.15) is 5.10 Å². The normalized spacial score (nSPS) is 12.1. The molecule has 0 fully saturated rings. The van der Waals surface area contributed by atoms with Gasteiger partial charge in [0.25, 0.3) is 0 Å². The minimum atomic E-state index is -0.840. The van der Waals surface area contributed by atoms with Gasteiger partial charge in [0.05, 0.1) is 11.2 Å². The molecule has 0 spiro atoms. The summed E-state index contributed by atoms with van der Waals surface area (Å²) >= 11 is 6.18. The molecular formula is C22H16ClF2N3O. The van der Waals surface area contributed by atoms with E-state index in [1.165, 1.54) is 6.07 Å². The minimum absolute atomic E-state index is 0.0916. The number of hydrogen-bond acceptors (Lipinski definition) is 2. The van der Waals surface area contributed by atoms with Crippen LogP contribution in [-0.2, 0) is 4.79 Å². The van der Waals surface area contributed by atoms with Crippen LogP contribution in [0.4, 0.5) is 14.5 Å². The molecule has 146 valence electrons. The number of fused-ring (bicyclic) bond motifs is 1. The van der Waals surface area contributed by atoms with Gasteiger partial charge in [-0.05, 0) is 37.3 Å². The molecule has 1 atom stereocenters. The Labute approximate surface area is 170 Å². The van der Waals surface area contributed by atoms with Crippen molar-refractivity contribution < 1.29 is 13.6 Å². The summed E-state index contributed by atoms with van der Waals surface area (Å²) in [5, 5.41) is 8.49. The summed E-state index contributed by atoms with van der Waals surface area (Å²) in [4.78, 5) is 12.7. The van der Waals surface area contributed by atoms with Gasteiger partial charge in [-0.15, -0.1) is 0 Å². The third-order valence-corrected chi connectivity index (χ3v) is 4.89. The van der Waals surface area contributed by atoms with Crippen LogP contribution in [0, 0.1) is 11.6 Å². The molecule has 29 heavy (non-hydrogen) atoms. The Morgan fingerprint density at radius 3 is 2.55 bits per heavy atom. The maximum absolute atomic E-state index is 13.9. The number of amides is 1. The second-order valence-corrected chi connectivity index (χ2v) is 7.05. The number of nitrogens with one attached hydrogen (secondary N) is 1. The highest BCUT2D eigenvalue weighted by molar-refractivity contribution is 6.31. The first-order chi connectivity index (χ1) is 13.9. The Morgan fingerprint density at radius 1 is 1.07 bits per heavy atom. The van der Waals surface area contributed by atoms with E-state index in [0.29, 0.717) is 10.7 Å². The van der Waals surface area contributed by atoms with Gasteiger partial charge in [-0.1, -0.05) is 41.9 Å². The molecule has 1 heterocycles. The SMILES string of the molecule is C[C@@H](C(=O)Nc1ccc(F)cc1F)n1nc(-c2ccccc2)c2cc(Cl)ccc21. The fourth-order valence-electron chi connectivity index (χ4n) is 3.16. The molecule has 3 aromatic carbocycles. The second kappa shape index (κ2) is 7.64. The smallest absolute Gasteiger partial charge is 0.249 e. The first-order valence-electron chi connectivity index (χ1n) is 8.93. The van der Waals surface area contributed by atoms with E-state index >= 15 is 0 Å². The van der Waals surface area contributed by atoms with E-state index in [0.717, 1.165) is 28.6 Å². The van der Waals surface area contributed by atoms with Gasteiger partial charge in [-0.3, -0.25) is 9.48 Å². The number of carbonyl (C=O) groups is 1. The van der Waals surface area contributed by atoms with Gasteiger partial charge in [-0.25, -0.2) is 8.78 Å². The average Bonchev–Trinajstić information content (AvgIpc) is 3.08. The zero-order chi connectivity index (χ0) is 20.5. The standard InChI is InChI=1S/C22H16ClF2N3O/c1-13(22(29)26-19-9-8-16(24)12-18(19)25)28-20-10-7-15(23)11-17(20)21(27-28)14-5-3-2-4-6-14/h2-13H,1H3,(H,26,29)/t13-/m0/s1. The van der Waals surface area contributed by atoms with Crippen molar-refractivity contribution in [3.05, 3.63) is 83.4 Å². The van der Waals surface area contributed by atoms with Crippen LogP contribution in [0.3, 0.4) is 0 Å². The summed E-state index contributed by atoms with van der Waals surface area (Å²) in [5.74, 6) is -2.03. The molecule has 0 saturated carbocycles. The van der Waals surface area contributed by atoms with Gasteiger partial charge in [0.1, 0.15) is 23.4 Å². The summed E-state index contributed by atoms with van der Waals surface area (Å²) in [5.41, 5.74) is 2.20. The topological polar surface area (TPSA) is 46.9 Å². The zero-order valence-electron chi connectivity index (χ0n) is 15.4. The third-order valence-electron chi connectivity index (χ3n) is 4.65. The first kappa shape index (κ1) is 19.1. The highest BCUT2D eigenvalue weighted by atomic mass is 35.5. The second-order valence-electron chi connectivity index (χ2n) is 6.61. The molecule has 4 aromatic rings. The van der Waals surface area contributed by atoms with Crippen LogP contribution in [0.5, 0.6) is 0 Å². The van der Waals surface area contributed by atoms with Gasteiger partial charge in [0.15, 0.2) is 0 Å². The maximum Gasteiger partial charge on any atom is 0.249 e. The fraction of sp³-hybridized carbons (Fsp3) is 0.0909. The molecular weight excluding hydrogens is 396 g/mol. The van der Waals surface area contributed by atoms with Crippen molar-refractivity contribution in [2.75, 3.05) is 5.32 Å². The number of benzene rings is 3. The number of nitrogens with zero attached hydrogens (tertiary/aromatic N) is 2. The maximum atomic E-state index is 13.9. The molecule has 0 saturated heterocycles. The molecule has 0 aliphatic heterocycles. The molecule has 1 aromatic heterocycles. The van der Waals surface area contributed by atoms with Crippen LogP contribution in [0.1, 0.15) is 13.0 Å². The van der Waals surface area contributed by atoms with Crippen molar-refractivity contribution in [1.82, 2.24) is 9.78 Å². The molecule has 4 rings (SSSR count). The Hall–Kier alpha value is -3.25. The first-order valence-corrected chi connectivity index (χ1v) is 9.31. The van der Waals surface area contributed by atoms with Crippen LogP contribution in [0.25, 0.3) is 22.2 Å². The Bertz CT molecular complexity index is 1210. The Morgan fingerprint density at radius 2 is 1.83 bits per heavy atom. The fourth-order valence-corrected chi connectivity index (χ4v) is 3.33. The summed E-state index contributed by atoms with van der Waals surface area (Å²) in [7, 11) is 0. The van der Waals surface area contributed by atoms with Crippen LogP contribution in [-0.4, -0.2) is 15.7 Å². The average molecular weight is 412 g/mol. The quantitative estimate of drug-likeness (QED) is 0.459. The van der Waals surface area contributed by atoms with E-state index in [-0.39, 0.29) is 5.69 Å². The zero-order valence-corrected chi connectivity index (χ0v) is 16.1. The molecule has 1 amide bonds. The van der Waals surface area contributed by atoms with Gasteiger partial charge < -0.3 is 5.32 Å². The summed E-state index contributed by atoms with van der Waals surface area (Å²) in [6.07, 6.45) is 0. The van der Waals surface area contributed by atoms with Crippen molar-refractivity contribution in [3.8, 4) is 11.3 Å². The lowest BCUT2D eigenvalue weighted by Gasteiger charge is -2.14. The van der Waals surface area contributed by atoms with Crippen molar-refractivity contribution in [1.29, 1.82) is 0 Å². The number of halogens is 3. The number of aromatic nitrogens is 2. The highest BCUT2D eigenvalue weighted by Crippen LogP contribution is 2.32. The lowest BCUT2D eigenvalue weighted by Crippen LogP contribution is -2.25. The number of carbonyl (C=O) groups excluding carboxylic acids is 1.